The Morgan fingerprint density at radius 1 is 1.20 bits per heavy atom. The molecule has 0 aromatic heterocycles. The van der Waals surface area contributed by atoms with Gasteiger partial charge in [0.25, 0.3) is 0 Å². The van der Waals surface area contributed by atoms with Crippen LogP contribution in [0.25, 0.3) is 0 Å². The lowest BCUT2D eigenvalue weighted by Crippen LogP contribution is -2.41. The maximum atomic E-state index is 13.4. The summed E-state index contributed by atoms with van der Waals surface area (Å²) in [5, 5.41) is 0. The first-order chi connectivity index (χ1) is 13.8. The second kappa shape index (κ2) is 7.77. The third-order valence-corrected chi connectivity index (χ3v) is 10.9. The molecule has 0 spiro atoms. The van der Waals surface area contributed by atoms with Gasteiger partial charge in [0.2, 0.25) is 26.0 Å². The van der Waals surface area contributed by atoms with E-state index in [9.17, 15) is 30.0 Å². The number of sulfone groups is 1. The van der Waals surface area contributed by atoms with Crippen molar-refractivity contribution in [2.45, 2.75) is 31.2 Å². The van der Waals surface area contributed by atoms with E-state index in [-0.39, 0.29) is 46.6 Å². The molecule has 0 aliphatic carbocycles. The van der Waals surface area contributed by atoms with Gasteiger partial charge in [0.15, 0.2) is 9.84 Å². The van der Waals surface area contributed by atoms with Gasteiger partial charge >= 0.3 is 0 Å². The molecule has 2 aliphatic heterocycles. The molecule has 0 bridgehead atoms. The van der Waals surface area contributed by atoms with Crippen LogP contribution in [0, 0.1) is 5.92 Å². The first kappa shape index (κ1) is 23.0. The fourth-order valence-corrected chi connectivity index (χ4v) is 9.31. The van der Waals surface area contributed by atoms with Gasteiger partial charge in [-0.3, -0.25) is 4.79 Å². The van der Waals surface area contributed by atoms with E-state index in [4.69, 9.17) is 4.74 Å². The minimum absolute atomic E-state index is 0.0217. The molecule has 13 heteroatoms. The molecule has 168 valence electrons. The number of benzene rings is 1. The number of hydrogen-bond donors (Lipinski definition) is 0. The zero-order chi connectivity index (χ0) is 22.5. The molecular weight excluding hydrogens is 456 g/mol. The number of carbonyl (C=O) groups excluding carboxylic acids is 1. The van der Waals surface area contributed by atoms with Crippen LogP contribution in [-0.2, 0) is 34.7 Å². The van der Waals surface area contributed by atoms with Gasteiger partial charge in [0.1, 0.15) is 10.6 Å². The summed E-state index contributed by atoms with van der Waals surface area (Å²) in [5.41, 5.74) is -0.0983. The number of amides is 1. The molecule has 3 rings (SSSR count). The highest BCUT2D eigenvalue weighted by Gasteiger charge is 2.43. The summed E-state index contributed by atoms with van der Waals surface area (Å²) >= 11 is 0. The van der Waals surface area contributed by atoms with E-state index in [1.165, 1.54) is 26.2 Å². The van der Waals surface area contributed by atoms with Crippen molar-refractivity contribution in [3.63, 3.8) is 0 Å². The van der Waals surface area contributed by atoms with Crippen molar-refractivity contribution < 1.29 is 34.8 Å². The zero-order valence-corrected chi connectivity index (χ0v) is 19.3. The maximum Gasteiger partial charge on any atom is 0.247 e. The summed E-state index contributed by atoms with van der Waals surface area (Å²) in [7, 11) is -10.2. The van der Waals surface area contributed by atoms with Gasteiger partial charge in [-0.05, 0) is 24.6 Å². The first-order valence-electron chi connectivity index (χ1n) is 9.31. The van der Waals surface area contributed by atoms with Crippen molar-refractivity contribution in [3.05, 3.63) is 18.2 Å². The summed E-state index contributed by atoms with van der Waals surface area (Å²) in [5.74, 6) is -2.15. The van der Waals surface area contributed by atoms with Crippen LogP contribution in [0.5, 0.6) is 5.75 Å². The lowest BCUT2D eigenvalue weighted by molar-refractivity contribution is -0.119. The smallest absolute Gasteiger partial charge is 0.247 e. The predicted octanol–water partition coefficient (Wildman–Crippen LogP) is 0.205. The SMILES string of the molecule is CCN(C1CCS(=O)(=O)C1)S(=O)(=O)c1cc(N2C(=O)C(C)CS2(=O)=O)ccc1OC. The third kappa shape index (κ3) is 3.95. The molecule has 2 fully saturated rings. The van der Waals surface area contributed by atoms with Crippen LogP contribution in [0.4, 0.5) is 5.69 Å². The Balaban J connectivity index is 2.10. The third-order valence-electron chi connectivity index (χ3n) is 5.26. The molecule has 2 heterocycles. The zero-order valence-electron chi connectivity index (χ0n) is 16.8. The minimum atomic E-state index is -4.24. The molecule has 1 aromatic rings. The standard InChI is InChI=1S/C17H24N2O8S3/c1-4-18(14-7-8-28(21,22)11-14)30(25,26)16-9-13(5-6-15(16)27-3)19-17(20)12(2)10-29(19,23)24/h5-6,9,12,14H,4,7-8,10-11H2,1-3H3. The van der Waals surface area contributed by atoms with E-state index in [1.807, 2.05) is 0 Å². The number of hydrogen-bond acceptors (Lipinski definition) is 8. The van der Waals surface area contributed by atoms with Gasteiger partial charge in [-0.1, -0.05) is 13.8 Å². The Hall–Kier alpha value is -1.70. The van der Waals surface area contributed by atoms with Gasteiger partial charge in [-0.15, -0.1) is 0 Å². The number of sulfonamides is 2. The lowest BCUT2D eigenvalue weighted by Gasteiger charge is -2.27. The Bertz CT molecular complexity index is 1180. The van der Waals surface area contributed by atoms with Gasteiger partial charge < -0.3 is 4.74 Å². The summed E-state index contributed by atoms with van der Waals surface area (Å²) in [6.07, 6.45) is 0.175. The van der Waals surface area contributed by atoms with E-state index >= 15 is 0 Å². The van der Waals surface area contributed by atoms with Crippen LogP contribution in [-0.4, -0.2) is 72.4 Å². The summed E-state index contributed by atoms with van der Waals surface area (Å²) < 4.78 is 82.2. The molecular formula is C17H24N2O8S3. The van der Waals surface area contributed by atoms with Crippen LogP contribution in [0.3, 0.4) is 0 Å². The Kier molecular flexibility index (Phi) is 5.95. The quantitative estimate of drug-likeness (QED) is 0.564. The molecule has 10 nitrogen and oxygen atoms in total. The fourth-order valence-electron chi connectivity index (χ4n) is 3.83. The van der Waals surface area contributed by atoms with E-state index in [0.29, 0.717) is 4.31 Å². The largest absolute Gasteiger partial charge is 0.495 e. The summed E-state index contributed by atoms with van der Waals surface area (Å²) in [6, 6.07) is 2.96. The Labute approximate surface area is 176 Å². The average Bonchev–Trinajstić information content (AvgIpc) is 3.10. The van der Waals surface area contributed by atoms with E-state index in [2.05, 4.69) is 0 Å². The van der Waals surface area contributed by atoms with Crippen molar-refractivity contribution in [3.8, 4) is 5.75 Å². The van der Waals surface area contributed by atoms with E-state index < -0.39 is 47.8 Å². The fraction of sp³-hybridized carbons (Fsp3) is 0.588. The Morgan fingerprint density at radius 3 is 2.33 bits per heavy atom. The average molecular weight is 481 g/mol. The number of rotatable bonds is 6. The molecule has 2 unspecified atom stereocenters. The van der Waals surface area contributed by atoms with Gasteiger partial charge in [0.05, 0.1) is 36.0 Å². The van der Waals surface area contributed by atoms with Crippen molar-refractivity contribution in [2.24, 2.45) is 5.92 Å². The molecule has 0 radical (unpaired) electrons. The normalized spacial score (nSPS) is 25.7. The minimum Gasteiger partial charge on any atom is -0.495 e. The highest BCUT2D eigenvalue weighted by atomic mass is 32.2. The molecule has 2 atom stereocenters. The van der Waals surface area contributed by atoms with Crippen LogP contribution in [0.2, 0.25) is 0 Å². The highest BCUT2D eigenvalue weighted by molar-refractivity contribution is 7.94. The van der Waals surface area contributed by atoms with Gasteiger partial charge in [0, 0.05) is 12.6 Å². The summed E-state index contributed by atoms with van der Waals surface area (Å²) in [6.45, 7) is 3.10. The van der Waals surface area contributed by atoms with Crippen molar-refractivity contribution >= 4 is 41.5 Å². The topological polar surface area (TPSA) is 135 Å². The Morgan fingerprint density at radius 2 is 1.87 bits per heavy atom. The van der Waals surface area contributed by atoms with Crippen molar-refractivity contribution in [1.82, 2.24) is 4.31 Å². The van der Waals surface area contributed by atoms with Crippen LogP contribution < -0.4 is 9.04 Å². The molecule has 1 amide bonds. The number of carbonyl (C=O) groups is 1. The molecule has 1 aromatic carbocycles. The molecule has 2 saturated heterocycles. The van der Waals surface area contributed by atoms with Crippen molar-refractivity contribution in [2.75, 3.05) is 35.2 Å². The lowest BCUT2D eigenvalue weighted by atomic mass is 10.2. The number of methoxy groups -OCH3 is 1. The molecule has 30 heavy (non-hydrogen) atoms. The molecule has 2 aliphatic rings. The van der Waals surface area contributed by atoms with Crippen LogP contribution in [0.1, 0.15) is 20.3 Å². The van der Waals surface area contributed by atoms with Gasteiger partial charge in [-0.2, -0.15) is 4.31 Å². The highest BCUT2D eigenvalue weighted by Crippen LogP contribution is 2.36. The first-order valence-corrected chi connectivity index (χ1v) is 14.2. The maximum absolute atomic E-state index is 13.4. The van der Waals surface area contributed by atoms with Crippen LogP contribution in [0.15, 0.2) is 23.1 Å². The second-order valence-electron chi connectivity index (χ2n) is 7.38. The predicted molar refractivity (Wildman–Crippen MR) is 110 cm³/mol. The molecule has 0 saturated carbocycles. The monoisotopic (exact) mass is 480 g/mol. The number of anilines is 1. The number of ether oxygens (including phenoxy) is 1. The second-order valence-corrected chi connectivity index (χ2v) is 13.3. The van der Waals surface area contributed by atoms with E-state index in [1.54, 1.807) is 6.92 Å². The van der Waals surface area contributed by atoms with Crippen LogP contribution >= 0.6 is 0 Å². The summed E-state index contributed by atoms with van der Waals surface area (Å²) in [4.78, 5) is 12.1. The van der Waals surface area contributed by atoms with Crippen molar-refractivity contribution in [1.29, 1.82) is 0 Å². The van der Waals surface area contributed by atoms with Gasteiger partial charge in [-0.25, -0.2) is 29.6 Å². The number of nitrogens with zero attached hydrogens (tertiary/aromatic N) is 2. The molecule has 0 N–H and O–H groups in total. The van der Waals surface area contributed by atoms with E-state index in [0.717, 1.165) is 10.4 Å².